The molecule has 7 unspecified atom stereocenters. The molecule has 556 valence electrons. The summed E-state index contributed by atoms with van der Waals surface area (Å²) in [6.07, 6.45) is 5.72. The van der Waals surface area contributed by atoms with Crippen molar-refractivity contribution in [1.82, 2.24) is 14.9 Å². The average Bonchev–Trinajstić information content (AvgIpc) is 1.46. The van der Waals surface area contributed by atoms with Crippen LogP contribution < -0.4 is 35.5 Å². The maximum atomic E-state index is 13.9. The fourth-order valence-corrected chi connectivity index (χ4v) is 20.3. The predicted molar refractivity (Wildman–Crippen MR) is 373 cm³/mol. The van der Waals surface area contributed by atoms with Crippen LogP contribution in [0.4, 0.5) is 11.4 Å². The van der Waals surface area contributed by atoms with Crippen molar-refractivity contribution in [3.63, 3.8) is 0 Å². The molecule has 8 atom stereocenters. The second-order valence-corrected chi connectivity index (χ2v) is 35.4. The summed E-state index contributed by atoms with van der Waals surface area (Å²) in [7, 11) is -33.1. The molecule has 6 aromatic rings. The first kappa shape index (κ1) is 77.3. The zero-order valence-corrected chi connectivity index (χ0v) is 61.9. The van der Waals surface area contributed by atoms with E-state index in [0.29, 0.717) is 49.2 Å². The second-order valence-electron chi connectivity index (χ2n) is 25.9. The lowest BCUT2D eigenvalue weighted by Crippen LogP contribution is -2.34. The molecule has 0 saturated carbocycles. The van der Waals surface area contributed by atoms with E-state index in [1.807, 2.05) is 70.0 Å². The molecule has 9 N–H and O–H groups in total. The number of anilines is 1. The number of ether oxygens (including phenoxy) is 4. The number of aliphatic hydroxyl groups excluding tert-OH is 1. The molecule has 1 saturated heterocycles. The van der Waals surface area contributed by atoms with E-state index < -0.39 is 121 Å². The topological polar surface area (TPSA) is 459 Å². The molecular weight excluding hydrogens is 1480 g/mol. The molecule has 5 aromatic carbocycles. The van der Waals surface area contributed by atoms with Crippen molar-refractivity contribution in [3.05, 3.63) is 199 Å². The smallest absolute Gasteiger partial charge is 0.493 e. The highest BCUT2D eigenvalue weighted by Crippen LogP contribution is 2.72. The number of benzene rings is 5. The third-order valence-electron chi connectivity index (χ3n) is 18.3. The van der Waals surface area contributed by atoms with Gasteiger partial charge in [0.1, 0.15) is 35.8 Å². The second kappa shape index (κ2) is 28.8. The quantitative estimate of drug-likeness (QED) is 0.00578. The number of aromatic amines is 1. The van der Waals surface area contributed by atoms with Crippen LogP contribution in [0.2, 0.25) is 0 Å². The number of aromatic nitrogens is 2. The molecule has 0 aliphatic carbocycles. The van der Waals surface area contributed by atoms with Crippen molar-refractivity contribution in [2.24, 2.45) is 0 Å². The highest BCUT2D eigenvalue weighted by molar-refractivity contribution is 7.86. The number of phosphoric acid groups is 3. The SMILES string of the molecule is CCOc1ccc2c(c1CNC(=O)CCCCC[N+]1=C(/C=C/C=C/C=C3/N(CC)c4ccc(S(=O)(=O)O)cc4C3(C)C)C(C)(C)c3cc(S(=O)(=O)O)ccc31)Oc1cc(OP(=O)(O)OP(=O)(O)OP(=O)(O)OP(=O)(O)CC3OC(n4cc(C)c(=O)[nH]c4=O)C[C@@H]3O)ccc1C21OC(=O)c2ccccc21. The minimum absolute atomic E-state index is 0.00714. The number of carbonyl (C=O) groups excluding carboxylic acids is 2. The monoisotopic (exact) mass is 1560 g/mol. The number of carbonyl (C=O) groups is 2. The van der Waals surface area contributed by atoms with Crippen LogP contribution in [0.5, 0.6) is 23.0 Å². The van der Waals surface area contributed by atoms with Crippen LogP contribution in [-0.4, -0.2) is 120 Å². The number of phosphoric ester groups is 1. The molecule has 11 rings (SSSR count). The molecule has 1 amide bonds. The van der Waals surface area contributed by atoms with E-state index in [4.69, 9.17) is 23.5 Å². The van der Waals surface area contributed by atoms with E-state index in [1.54, 1.807) is 49.4 Å². The Morgan fingerprint density at radius 3 is 2.14 bits per heavy atom. The number of aliphatic hydroxyl groups is 1. The van der Waals surface area contributed by atoms with Gasteiger partial charge >= 0.3 is 42.7 Å². The third kappa shape index (κ3) is 15.7. The van der Waals surface area contributed by atoms with Gasteiger partial charge in [0.15, 0.2) is 11.3 Å². The Kier molecular flexibility index (Phi) is 21.4. The number of hydrogen-bond donors (Lipinski definition) is 9. The molecule has 32 nitrogen and oxygen atoms in total. The number of esters is 1. The van der Waals surface area contributed by atoms with Gasteiger partial charge in [-0.1, -0.05) is 50.3 Å². The number of nitrogens with one attached hydrogen (secondary N) is 2. The van der Waals surface area contributed by atoms with Gasteiger partial charge in [-0.25, -0.2) is 27.6 Å². The molecule has 0 bridgehead atoms. The van der Waals surface area contributed by atoms with Crippen molar-refractivity contribution >= 4 is 80.3 Å². The fraction of sp³-hybridized carbons (Fsp3) is 0.348. The number of hydrogen-bond acceptors (Lipinski definition) is 22. The molecular formula is C66H74N5O27P4S2+. The lowest BCUT2D eigenvalue weighted by atomic mass is 9.77. The predicted octanol–water partition coefficient (Wildman–Crippen LogP) is 9.64. The van der Waals surface area contributed by atoms with Gasteiger partial charge in [0, 0.05) is 94.8 Å². The Morgan fingerprint density at radius 1 is 0.769 bits per heavy atom. The van der Waals surface area contributed by atoms with Gasteiger partial charge in [-0.2, -0.15) is 30.0 Å². The van der Waals surface area contributed by atoms with Gasteiger partial charge < -0.3 is 53.5 Å². The summed E-state index contributed by atoms with van der Waals surface area (Å²) in [4.78, 5) is 98.0. The molecule has 6 heterocycles. The van der Waals surface area contributed by atoms with Crippen LogP contribution in [0, 0.1) is 6.92 Å². The Labute approximate surface area is 595 Å². The van der Waals surface area contributed by atoms with E-state index in [2.05, 4.69) is 27.7 Å². The van der Waals surface area contributed by atoms with Crippen LogP contribution in [0.25, 0.3) is 0 Å². The number of unbranched alkanes of at least 4 members (excludes halogenated alkanes) is 2. The van der Waals surface area contributed by atoms with Crippen molar-refractivity contribution in [2.45, 2.75) is 132 Å². The molecule has 1 fully saturated rings. The third-order valence-corrected chi connectivity index (χ3v) is 26.4. The average molecular weight is 1560 g/mol. The van der Waals surface area contributed by atoms with Crippen LogP contribution in [-0.2, 0) is 88.7 Å². The number of fused-ring (bicyclic) bond motifs is 8. The Morgan fingerprint density at radius 2 is 1.44 bits per heavy atom. The van der Waals surface area contributed by atoms with Gasteiger partial charge in [-0.15, -0.1) is 0 Å². The number of rotatable bonds is 27. The van der Waals surface area contributed by atoms with E-state index in [9.17, 15) is 88.1 Å². The molecule has 5 aliphatic rings. The van der Waals surface area contributed by atoms with Gasteiger partial charge in [0.2, 0.25) is 11.6 Å². The van der Waals surface area contributed by atoms with Gasteiger partial charge in [0.05, 0.1) is 57.9 Å². The zero-order valence-electron chi connectivity index (χ0n) is 56.7. The Bertz CT molecular complexity index is 5230. The molecule has 104 heavy (non-hydrogen) atoms. The number of likely N-dealkylation sites (N-methyl/N-ethyl adjacent to an activating group) is 1. The van der Waals surface area contributed by atoms with Crippen molar-refractivity contribution < 1.29 is 119 Å². The van der Waals surface area contributed by atoms with E-state index in [-0.39, 0.29) is 80.9 Å². The van der Waals surface area contributed by atoms with E-state index >= 15 is 0 Å². The molecule has 1 spiro atoms. The first-order valence-corrected chi connectivity index (χ1v) is 41.5. The van der Waals surface area contributed by atoms with Crippen LogP contribution in [0.1, 0.15) is 129 Å². The molecule has 1 aromatic heterocycles. The first-order valence-electron chi connectivity index (χ1n) is 32.3. The lowest BCUT2D eigenvalue weighted by molar-refractivity contribution is -0.438. The number of amides is 1. The normalized spacial score (nSPS) is 22.1. The van der Waals surface area contributed by atoms with Crippen molar-refractivity contribution in [1.29, 1.82) is 0 Å². The summed E-state index contributed by atoms with van der Waals surface area (Å²) >= 11 is 0. The minimum Gasteiger partial charge on any atom is -0.493 e. The highest BCUT2D eigenvalue weighted by Gasteiger charge is 2.55. The van der Waals surface area contributed by atoms with Crippen molar-refractivity contribution in [3.8, 4) is 23.0 Å². The number of H-pyrrole nitrogens is 1. The minimum atomic E-state index is -6.34. The van der Waals surface area contributed by atoms with E-state index in [1.165, 1.54) is 43.3 Å². The van der Waals surface area contributed by atoms with Crippen LogP contribution in [0.15, 0.2) is 153 Å². The molecule has 5 aliphatic heterocycles. The van der Waals surface area contributed by atoms with Gasteiger partial charge in [-0.3, -0.25) is 37.7 Å². The summed E-state index contributed by atoms with van der Waals surface area (Å²) < 4.78 is 167. The van der Waals surface area contributed by atoms with Crippen molar-refractivity contribution in [2.75, 3.05) is 30.8 Å². The Balaban J connectivity index is 0.774. The zero-order chi connectivity index (χ0) is 75.7. The maximum Gasteiger partial charge on any atom is 0.536 e. The molecule has 38 heteroatoms. The summed E-state index contributed by atoms with van der Waals surface area (Å²) in [6.45, 7) is 13.7. The van der Waals surface area contributed by atoms with Crippen LogP contribution >= 0.6 is 31.1 Å². The number of allylic oxidation sites excluding steroid dienone is 6. The Hall–Kier alpha value is -7.81. The fourth-order valence-electron chi connectivity index (χ4n) is 13.6. The summed E-state index contributed by atoms with van der Waals surface area (Å²) in [5.74, 6) is -1.80. The summed E-state index contributed by atoms with van der Waals surface area (Å²) in [5.41, 5.74) is 0.852. The van der Waals surface area contributed by atoms with Crippen LogP contribution in [0.3, 0.4) is 0 Å². The largest absolute Gasteiger partial charge is 0.536 e. The standard InChI is InChI=1S/C66H73N5O27P4S2/c1-8-69-50-28-24-41(103(85,86)87)33-48(50)64(4,5)56(69)20-12-10-13-21-57-65(6,7)49-34-42(104(88,89)90)25-29-51(49)70(57)31-17-11-14-22-58(73)67-36-44-53(91-9-2)30-27-47-60(44)93-54-32-40(23-26-46(54)66(47)45-19-16-15-18-43(45)62(75)94-66)95-100(79,80)97-102(83,84)98-101(81,82)96-99(77,78)38-55-52(72)35-59(92-55)71-37-39(3)61(74)68-63(71)76/h10,12-13,15-16,18-21,23-30,32-34,37,52,55,59,72H,8-9,11,14,17,22,31,35-36,38H2,1-7H3,(H7-,67,68,73,74,76,77,78,79,80,81,82,83,84,85,86,87,88,89,90)/p+1/t52-,55?,59?,66?/m0/s1. The van der Waals surface area contributed by atoms with E-state index in [0.717, 1.165) is 45.6 Å². The summed E-state index contributed by atoms with van der Waals surface area (Å²) in [6, 6.07) is 21.9. The van der Waals surface area contributed by atoms with Gasteiger partial charge in [0.25, 0.3) is 25.8 Å². The lowest BCUT2D eigenvalue weighted by Gasteiger charge is -2.37. The highest BCUT2D eigenvalue weighted by atomic mass is 32.2. The first-order chi connectivity index (χ1) is 48.6. The molecule has 0 radical (unpaired) electrons. The number of nitrogens with zero attached hydrogens (tertiary/aromatic N) is 3. The summed E-state index contributed by atoms with van der Waals surface area (Å²) in [5, 5.41) is 13.5. The number of aryl methyl sites for hydroxylation is 1. The maximum absolute atomic E-state index is 13.9. The van der Waals surface area contributed by atoms with Gasteiger partial charge in [-0.05, 0) is 120 Å².